The minimum Gasteiger partial charge on any atom is -0.351 e. The summed E-state index contributed by atoms with van der Waals surface area (Å²) in [7, 11) is 0. The Kier molecular flexibility index (Phi) is 6.34. The highest BCUT2D eigenvalue weighted by atomic mass is 19.1. The van der Waals surface area contributed by atoms with Gasteiger partial charge in [0.25, 0.3) is 0 Å². The molecule has 0 spiro atoms. The quantitative estimate of drug-likeness (QED) is 0.845. The molecule has 0 bridgehead atoms. The van der Waals surface area contributed by atoms with Gasteiger partial charge in [0.1, 0.15) is 5.82 Å². The Morgan fingerprint density at radius 2 is 1.91 bits per heavy atom. The van der Waals surface area contributed by atoms with Gasteiger partial charge in [0.15, 0.2) is 0 Å². The fourth-order valence-electron chi connectivity index (χ4n) is 3.25. The topological polar surface area (TPSA) is 32.3 Å². The van der Waals surface area contributed by atoms with E-state index in [2.05, 4.69) is 31.0 Å². The predicted molar refractivity (Wildman–Crippen MR) is 92.4 cm³/mol. The van der Waals surface area contributed by atoms with E-state index in [1.54, 1.807) is 18.2 Å². The van der Waals surface area contributed by atoms with Crippen molar-refractivity contribution in [2.24, 2.45) is 11.8 Å². The van der Waals surface area contributed by atoms with Gasteiger partial charge in [-0.05, 0) is 49.0 Å². The number of benzene rings is 1. The Hall–Kier alpha value is -1.68. The molecule has 3 atom stereocenters. The van der Waals surface area contributed by atoms with Gasteiger partial charge in [-0.2, -0.15) is 0 Å². The Balaban J connectivity index is 1.78. The Bertz CT molecular complexity index is 531. The van der Waals surface area contributed by atoms with E-state index in [9.17, 15) is 9.18 Å². The number of halogens is 1. The molecular formula is C19H27FN2O. The maximum absolute atomic E-state index is 12.8. The molecule has 4 heteroatoms. The fraction of sp³-hybridized carbons (Fsp3) is 0.526. The lowest BCUT2D eigenvalue weighted by atomic mass is 9.91. The second kappa shape index (κ2) is 8.25. The zero-order valence-corrected chi connectivity index (χ0v) is 14.3. The van der Waals surface area contributed by atoms with Crippen LogP contribution >= 0.6 is 0 Å². The van der Waals surface area contributed by atoms with Crippen LogP contribution < -0.4 is 5.32 Å². The number of carbonyl (C=O) groups is 1. The Labute approximate surface area is 138 Å². The van der Waals surface area contributed by atoms with Crippen molar-refractivity contribution in [1.82, 2.24) is 10.2 Å². The smallest absolute Gasteiger partial charge is 0.244 e. The van der Waals surface area contributed by atoms with Crippen molar-refractivity contribution in [3.05, 3.63) is 41.7 Å². The molecule has 1 heterocycles. The van der Waals surface area contributed by atoms with Crippen LogP contribution in [0.3, 0.4) is 0 Å². The summed E-state index contributed by atoms with van der Waals surface area (Å²) in [6, 6.07) is 6.41. The van der Waals surface area contributed by atoms with E-state index in [1.165, 1.54) is 24.6 Å². The lowest BCUT2D eigenvalue weighted by Gasteiger charge is -2.38. The third kappa shape index (κ3) is 5.79. The molecule has 0 aliphatic carbocycles. The molecule has 0 radical (unpaired) electrons. The first-order valence-corrected chi connectivity index (χ1v) is 8.39. The lowest BCUT2D eigenvalue weighted by Crippen LogP contribution is -2.48. The number of hydrogen-bond donors (Lipinski definition) is 1. The van der Waals surface area contributed by atoms with Gasteiger partial charge in [-0.15, -0.1) is 0 Å². The fourth-order valence-corrected chi connectivity index (χ4v) is 3.25. The van der Waals surface area contributed by atoms with Gasteiger partial charge in [0.05, 0.1) is 0 Å². The summed E-state index contributed by atoms with van der Waals surface area (Å²) in [6.07, 6.45) is 4.49. The number of nitrogens with zero attached hydrogens (tertiary/aromatic N) is 1. The third-order valence-corrected chi connectivity index (χ3v) is 4.39. The predicted octanol–water partition coefficient (Wildman–Crippen LogP) is 3.32. The number of amides is 1. The van der Waals surface area contributed by atoms with Crippen molar-refractivity contribution in [3.8, 4) is 0 Å². The van der Waals surface area contributed by atoms with Crippen LogP contribution in [-0.2, 0) is 4.79 Å². The molecule has 1 fully saturated rings. The second-order valence-corrected chi connectivity index (χ2v) is 6.88. The van der Waals surface area contributed by atoms with Crippen molar-refractivity contribution in [2.45, 2.75) is 33.2 Å². The third-order valence-electron chi connectivity index (χ3n) is 4.39. The minimum atomic E-state index is -0.273. The molecule has 3 nitrogen and oxygen atoms in total. The first-order valence-electron chi connectivity index (χ1n) is 8.39. The molecule has 23 heavy (non-hydrogen) atoms. The van der Waals surface area contributed by atoms with Gasteiger partial charge in [0, 0.05) is 31.8 Å². The molecule has 0 aromatic heterocycles. The minimum absolute atomic E-state index is 0.112. The number of carbonyl (C=O) groups excluding carboxylic acids is 1. The molecule has 1 N–H and O–H groups in total. The highest BCUT2D eigenvalue weighted by molar-refractivity contribution is 5.91. The molecule has 1 aromatic carbocycles. The molecule has 1 aromatic rings. The normalized spacial score (nSPS) is 23.8. The van der Waals surface area contributed by atoms with Crippen LogP contribution in [0.5, 0.6) is 0 Å². The zero-order chi connectivity index (χ0) is 16.8. The summed E-state index contributed by atoms with van der Waals surface area (Å²) in [5, 5.41) is 2.95. The van der Waals surface area contributed by atoms with Crippen molar-refractivity contribution < 1.29 is 9.18 Å². The van der Waals surface area contributed by atoms with Crippen molar-refractivity contribution in [1.29, 1.82) is 0 Å². The SMILES string of the molecule is CC1CC(C)CN(C(C)CNC(=O)/C=C/c2ccc(F)cc2)C1. The summed E-state index contributed by atoms with van der Waals surface area (Å²) in [5.74, 6) is 1.05. The highest BCUT2D eigenvalue weighted by Crippen LogP contribution is 2.22. The summed E-state index contributed by atoms with van der Waals surface area (Å²) >= 11 is 0. The van der Waals surface area contributed by atoms with Gasteiger partial charge in [-0.1, -0.05) is 26.0 Å². The second-order valence-electron chi connectivity index (χ2n) is 6.88. The van der Waals surface area contributed by atoms with E-state index in [1.807, 2.05) is 0 Å². The van der Waals surface area contributed by atoms with Gasteiger partial charge in [-0.3, -0.25) is 9.69 Å². The zero-order valence-electron chi connectivity index (χ0n) is 14.3. The molecule has 3 unspecified atom stereocenters. The van der Waals surface area contributed by atoms with Crippen LogP contribution in [0.2, 0.25) is 0 Å². The van der Waals surface area contributed by atoms with Crippen LogP contribution in [0.4, 0.5) is 4.39 Å². The van der Waals surface area contributed by atoms with E-state index >= 15 is 0 Å². The molecule has 0 saturated carbocycles. The van der Waals surface area contributed by atoms with Crippen LogP contribution in [0.15, 0.2) is 30.3 Å². The van der Waals surface area contributed by atoms with Crippen LogP contribution in [0.1, 0.15) is 32.8 Å². The molecule has 1 aliphatic rings. The highest BCUT2D eigenvalue weighted by Gasteiger charge is 2.25. The standard InChI is InChI=1S/C19H27FN2O/c1-14-10-15(2)13-22(12-14)16(3)11-21-19(23)9-6-17-4-7-18(20)8-5-17/h4-9,14-16H,10-13H2,1-3H3,(H,21,23)/b9-6+. The van der Waals surface area contributed by atoms with E-state index < -0.39 is 0 Å². The molecule has 1 amide bonds. The Morgan fingerprint density at radius 1 is 1.30 bits per heavy atom. The molecule has 1 aliphatic heterocycles. The maximum Gasteiger partial charge on any atom is 0.244 e. The number of rotatable bonds is 5. The van der Waals surface area contributed by atoms with E-state index in [-0.39, 0.29) is 11.7 Å². The first-order chi connectivity index (χ1) is 10.9. The molecule has 1 saturated heterocycles. The van der Waals surface area contributed by atoms with E-state index in [0.29, 0.717) is 12.6 Å². The summed E-state index contributed by atoms with van der Waals surface area (Å²) < 4.78 is 12.8. The van der Waals surface area contributed by atoms with Crippen molar-refractivity contribution >= 4 is 12.0 Å². The van der Waals surface area contributed by atoms with E-state index in [0.717, 1.165) is 30.5 Å². The van der Waals surface area contributed by atoms with Crippen LogP contribution in [0.25, 0.3) is 6.08 Å². The maximum atomic E-state index is 12.8. The van der Waals surface area contributed by atoms with Crippen LogP contribution in [-0.4, -0.2) is 36.5 Å². The Morgan fingerprint density at radius 3 is 2.52 bits per heavy atom. The van der Waals surface area contributed by atoms with Gasteiger partial charge >= 0.3 is 0 Å². The van der Waals surface area contributed by atoms with Gasteiger partial charge in [0.2, 0.25) is 5.91 Å². The number of nitrogens with one attached hydrogen (secondary N) is 1. The number of hydrogen-bond acceptors (Lipinski definition) is 2. The monoisotopic (exact) mass is 318 g/mol. The molecule has 126 valence electrons. The van der Waals surface area contributed by atoms with Crippen LogP contribution in [0, 0.1) is 17.7 Å². The first kappa shape index (κ1) is 17.7. The van der Waals surface area contributed by atoms with Gasteiger partial charge < -0.3 is 5.32 Å². The summed E-state index contributed by atoms with van der Waals surface area (Å²) in [5.41, 5.74) is 0.813. The largest absolute Gasteiger partial charge is 0.351 e. The van der Waals surface area contributed by atoms with Crippen molar-refractivity contribution in [2.75, 3.05) is 19.6 Å². The molecular weight excluding hydrogens is 291 g/mol. The average Bonchev–Trinajstić information content (AvgIpc) is 2.51. The number of piperidine rings is 1. The average molecular weight is 318 g/mol. The summed E-state index contributed by atoms with van der Waals surface area (Å²) in [6.45, 7) is 9.60. The van der Waals surface area contributed by atoms with Gasteiger partial charge in [-0.25, -0.2) is 4.39 Å². The summed E-state index contributed by atoms with van der Waals surface area (Å²) in [4.78, 5) is 14.4. The van der Waals surface area contributed by atoms with E-state index in [4.69, 9.17) is 0 Å². The lowest BCUT2D eigenvalue weighted by molar-refractivity contribution is -0.116. The number of likely N-dealkylation sites (tertiary alicyclic amines) is 1. The van der Waals surface area contributed by atoms with Crippen molar-refractivity contribution in [3.63, 3.8) is 0 Å². The molecule has 2 rings (SSSR count).